The highest BCUT2D eigenvalue weighted by Gasteiger charge is 2.18. The van der Waals surface area contributed by atoms with E-state index in [1.54, 1.807) is 31.0 Å². The Morgan fingerprint density at radius 3 is 2.85 bits per heavy atom. The van der Waals surface area contributed by atoms with Crippen LogP contribution in [-0.2, 0) is 30.0 Å². The fraction of sp³-hybridized carbons (Fsp3) is 0.417. The smallest absolute Gasteiger partial charge is 0.263 e. The minimum Gasteiger partial charge on any atom is -0.363 e. The van der Waals surface area contributed by atoms with Crippen molar-refractivity contribution in [3.63, 3.8) is 0 Å². The van der Waals surface area contributed by atoms with Gasteiger partial charge in [0.1, 0.15) is 4.90 Å². The molecular weight excluding hydrogens is 278 g/mol. The van der Waals surface area contributed by atoms with Crippen molar-refractivity contribution in [2.24, 2.45) is 7.05 Å². The first-order valence-electron chi connectivity index (χ1n) is 6.33. The molecule has 0 aliphatic rings. The van der Waals surface area contributed by atoms with E-state index in [0.717, 1.165) is 11.4 Å². The molecule has 0 saturated heterocycles. The molecular formula is C12H19N5O2S. The Morgan fingerprint density at radius 2 is 2.20 bits per heavy atom. The van der Waals surface area contributed by atoms with Crippen LogP contribution in [0.3, 0.4) is 0 Å². The molecule has 0 amide bonds. The quantitative estimate of drug-likeness (QED) is 0.736. The predicted molar refractivity (Wildman–Crippen MR) is 77.0 cm³/mol. The van der Waals surface area contributed by atoms with Crippen molar-refractivity contribution in [3.8, 4) is 0 Å². The van der Waals surface area contributed by atoms with Gasteiger partial charge in [-0.25, -0.2) is 8.42 Å². The molecule has 0 spiro atoms. The van der Waals surface area contributed by atoms with Gasteiger partial charge in [0.2, 0.25) is 0 Å². The lowest BCUT2D eigenvalue weighted by atomic mass is 10.3. The highest BCUT2D eigenvalue weighted by Crippen LogP contribution is 2.20. The number of nitrogens with one attached hydrogen (secondary N) is 3. The van der Waals surface area contributed by atoms with Gasteiger partial charge in [-0.2, -0.15) is 5.10 Å². The maximum Gasteiger partial charge on any atom is 0.263 e. The average molecular weight is 297 g/mol. The van der Waals surface area contributed by atoms with E-state index >= 15 is 0 Å². The molecule has 2 heterocycles. The second-order valence-electron chi connectivity index (χ2n) is 4.51. The standard InChI is InChI=1S/C12H19N5O2S/c1-4-11-12(8-17(3)15-11)16-20(18,19)10-5-9(6-13-2)14-7-10/h5,7-8,13-14,16H,4,6H2,1-3H3. The zero-order chi connectivity index (χ0) is 14.8. The van der Waals surface area contributed by atoms with Crippen LogP contribution in [0.5, 0.6) is 0 Å². The van der Waals surface area contributed by atoms with E-state index in [-0.39, 0.29) is 4.90 Å². The Kier molecular flexibility index (Phi) is 4.15. The summed E-state index contributed by atoms with van der Waals surface area (Å²) in [5.41, 5.74) is 2.06. The molecule has 20 heavy (non-hydrogen) atoms. The van der Waals surface area contributed by atoms with Gasteiger partial charge in [0, 0.05) is 31.7 Å². The maximum atomic E-state index is 12.3. The molecule has 0 atom stereocenters. The van der Waals surface area contributed by atoms with Crippen LogP contribution in [0.2, 0.25) is 0 Å². The Labute approximate surface area is 118 Å². The predicted octanol–water partition coefficient (Wildman–Crippen LogP) is 0.831. The molecule has 2 aromatic rings. The van der Waals surface area contributed by atoms with Gasteiger partial charge in [-0.3, -0.25) is 9.40 Å². The third-order valence-electron chi connectivity index (χ3n) is 2.88. The second-order valence-corrected chi connectivity index (χ2v) is 6.20. The summed E-state index contributed by atoms with van der Waals surface area (Å²) < 4.78 is 28.8. The van der Waals surface area contributed by atoms with E-state index in [1.165, 1.54) is 6.20 Å². The van der Waals surface area contributed by atoms with Crippen molar-refractivity contribution in [1.82, 2.24) is 20.1 Å². The lowest BCUT2D eigenvalue weighted by Crippen LogP contribution is -2.13. The summed E-state index contributed by atoms with van der Waals surface area (Å²) in [6, 6.07) is 1.61. The first-order chi connectivity index (χ1) is 9.46. The van der Waals surface area contributed by atoms with Gasteiger partial charge >= 0.3 is 0 Å². The van der Waals surface area contributed by atoms with E-state index < -0.39 is 10.0 Å². The van der Waals surface area contributed by atoms with Crippen LogP contribution in [0.15, 0.2) is 23.4 Å². The molecule has 0 aromatic carbocycles. The zero-order valence-corrected chi connectivity index (χ0v) is 12.6. The SMILES string of the molecule is CCc1nn(C)cc1NS(=O)(=O)c1c[nH]c(CNC)c1. The fourth-order valence-electron chi connectivity index (χ4n) is 1.95. The van der Waals surface area contributed by atoms with E-state index in [0.29, 0.717) is 18.7 Å². The number of aromatic amines is 1. The van der Waals surface area contributed by atoms with Crippen LogP contribution in [-0.4, -0.2) is 30.2 Å². The average Bonchev–Trinajstić information content (AvgIpc) is 2.96. The number of anilines is 1. The number of rotatable bonds is 6. The van der Waals surface area contributed by atoms with Gasteiger partial charge in [0.25, 0.3) is 10.0 Å². The first kappa shape index (κ1) is 14.6. The van der Waals surface area contributed by atoms with Crippen LogP contribution in [0.4, 0.5) is 5.69 Å². The maximum absolute atomic E-state index is 12.3. The third-order valence-corrected chi connectivity index (χ3v) is 4.22. The van der Waals surface area contributed by atoms with Crippen molar-refractivity contribution in [2.45, 2.75) is 24.8 Å². The number of H-pyrrole nitrogens is 1. The molecule has 0 bridgehead atoms. The normalized spacial score (nSPS) is 11.8. The van der Waals surface area contributed by atoms with Crippen LogP contribution < -0.4 is 10.0 Å². The Balaban J connectivity index is 2.25. The molecule has 0 aliphatic carbocycles. The highest BCUT2D eigenvalue weighted by atomic mass is 32.2. The zero-order valence-electron chi connectivity index (χ0n) is 11.8. The molecule has 0 saturated carbocycles. The van der Waals surface area contributed by atoms with Crippen LogP contribution in [0.25, 0.3) is 0 Å². The molecule has 0 radical (unpaired) electrons. The van der Waals surface area contributed by atoms with Gasteiger partial charge < -0.3 is 10.3 Å². The number of hydrogen-bond donors (Lipinski definition) is 3. The topological polar surface area (TPSA) is 91.8 Å². The molecule has 7 nitrogen and oxygen atoms in total. The van der Waals surface area contributed by atoms with E-state index in [4.69, 9.17) is 0 Å². The molecule has 0 unspecified atom stereocenters. The number of hydrogen-bond acceptors (Lipinski definition) is 4. The number of nitrogens with zero attached hydrogens (tertiary/aromatic N) is 2. The summed E-state index contributed by atoms with van der Waals surface area (Å²) in [5.74, 6) is 0. The molecule has 2 aromatic heterocycles. The summed E-state index contributed by atoms with van der Waals surface area (Å²) in [5, 5.41) is 7.17. The van der Waals surface area contributed by atoms with Gasteiger partial charge in [-0.1, -0.05) is 6.92 Å². The van der Waals surface area contributed by atoms with Crippen LogP contribution in [0, 0.1) is 0 Å². The minimum atomic E-state index is -3.59. The van der Waals surface area contributed by atoms with E-state index in [1.807, 2.05) is 6.92 Å². The highest BCUT2D eigenvalue weighted by molar-refractivity contribution is 7.92. The van der Waals surface area contributed by atoms with Gasteiger partial charge in [0.05, 0.1) is 11.4 Å². The largest absolute Gasteiger partial charge is 0.363 e. The van der Waals surface area contributed by atoms with E-state index in [2.05, 4.69) is 20.1 Å². The second kappa shape index (κ2) is 5.68. The molecule has 3 N–H and O–H groups in total. The number of aromatic nitrogens is 3. The molecule has 0 fully saturated rings. The Hall–Kier alpha value is -1.80. The Morgan fingerprint density at radius 1 is 1.45 bits per heavy atom. The lowest BCUT2D eigenvalue weighted by Gasteiger charge is -2.05. The summed E-state index contributed by atoms with van der Waals surface area (Å²) in [7, 11) is -0.0282. The van der Waals surface area contributed by atoms with Gasteiger partial charge in [0.15, 0.2) is 0 Å². The van der Waals surface area contributed by atoms with Gasteiger partial charge in [-0.15, -0.1) is 0 Å². The number of sulfonamides is 1. The van der Waals surface area contributed by atoms with Crippen LogP contribution in [0.1, 0.15) is 18.3 Å². The monoisotopic (exact) mass is 297 g/mol. The van der Waals surface area contributed by atoms with Crippen molar-refractivity contribution in [1.29, 1.82) is 0 Å². The van der Waals surface area contributed by atoms with Crippen molar-refractivity contribution < 1.29 is 8.42 Å². The molecule has 0 aliphatic heterocycles. The fourth-order valence-corrected chi connectivity index (χ4v) is 3.04. The first-order valence-corrected chi connectivity index (χ1v) is 7.81. The molecule has 2 rings (SSSR count). The summed E-state index contributed by atoms with van der Waals surface area (Å²) in [4.78, 5) is 3.15. The van der Waals surface area contributed by atoms with Crippen molar-refractivity contribution in [3.05, 3.63) is 29.8 Å². The minimum absolute atomic E-state index is 0.216. The summed E-state index contributed by atoms with van der Waals surface area (Å²) >= 11 is 0. The van der Waals surface area contributed by atoms with Crippen molar-refractivity contribution >= 4 is 15.7 Å². The Bertz CT molecular complexity index is 687. The van der Waals surface area contributed by atoms with Crippen molar-refractivity contribution in [2.75, 3.05) is 11.8 Å². The number of aryl methyl sites for hydroxylation is 2. The summed E-state index contributed by atoms with van der Waals surface area (Å²) in [6.07, 6.45) is 3.81. The molecule has 8 heteroatoms. The van der Waals surface area contributed by atoms with Crippen LogP contribution >= 0.6 is 0 Å². The summed E-state index contributed by atoms with van der Waals surface area (Å²) in [6.45, 7) is 2.52. The van der Waals surface area contributed by atoms with Gasteiger partial charge in [-0.05, 0) is 19.5 Å². The third kappa shape index (κ3) is 3.02. The molecule has 110 valence electrons. The van der Waals surface area contributed by atoms with E-state index in [9.17, 15) is 8.42 Å². The lowest BCUT2D eigenvalue weighted by molar-refractivity contribution is 0.601.